The lowest BCUT2D eigenvalue weighted by Gasteiger charge is -2.24. The van der Waals surface area contributed by atoms with Crippen LogP contribution in [0.2, 0.25) is 0 Å². The number of unbranched alkanes of at least 4 members (excludes halogenated alkanes) is 1. The molecular formula is C15H21F3N2O. The van der Waals surface area contributed by atoms with E-state index in [4.69, 9.17) is 5.73 Å². The molecule has 0 spiro atoms. The SMILES string of the molecule is CC(C)(C(=O)NCCCCC(F)(F)F)c1ccc(N)cc1. The summed E-state index contributed by atoms with van der Waals surface area (Å²) in [6, 6.07) is 6.98. The number of nitrogens with two attached hydrogens (primary N) is 1. The van der Waals surface area contributed by atoms with E-state index >= 15 is 0 Å². The second-order valence-electron chi connectivity index (χ2n) is 5.58. The van der Waals surface area contributed by atoms with Crippen molar-refractivity contribution in [1.29, 1.82) is 0 Å². The molecular weight excluding hydrogens is 281 g/mol. The van der Waals surface area contributed by atoms with Crippen LogP contribution in [0.15, 0.2) is 24.3 Å². The normalized spacial score (nSPS) is 12.2. The fourth-order valence-corrected chi connectivity index (χ4v) is 1.90. The summed E-state index contributed by atoms with van der Waals surface area (Å²) in [6.07, 6.45) is -4.62. The van der Waals surface area contributed by atoms with Gasteiger partial charge in [-0.2, -0.15) is 13.2 Å². The highest BCUT2D eigenvalue weighted by molar-refractivity contribution is 5.87. The van der Waals surface area contributed by atoms with Crippen molar-refractivity contribution in [3.8, 4) is 0 Å². The molecule has 1 aromatic carbocycles. The van der Waals surface area contributed by atoms with E-state index < -0.39 is 18.0 Å². The average molecular weight is 302 g/mol. The zero-order valence-corrected chi connectivity index (χ0v) is 12.3. The number of alkyl halides is 3. The standard InChI is InChI=1S/C15H21F3N2O/c1-14(2,11-5-7-12(19)8-6-11)13(21)20-10-4-3-9-15(16,17)18/h5-8H,3-4,9-10,19H2,1-2H3,(H,20,21). The highest BCUT2D eigenvalue weighted by atomic mass is 19.4. The Morgan fingerprint density at radius 2 is 1.71 bits per heavy atom. The summed E-state index contributed by atoms with van der Waals surface area (Å²) in [5, 5.41) is 2.68. The van der Waals surface area contributed by atoms with Crippen LogP contribution in [-0.2, 0) is 10.2 Å². The molecule has 0 aliphatic rings. The molecule has 0 aliphatic carbocycles. The van der Waals surface area contributed by atoms with E-state index in [1.807, 2.05) is 0 Å². The summed E-state index contributed by atoms with van der Waals surface area (Å²) in [5.74, 6) is -0.209. The molecule has 0 bridgehead atoms. The van der Waals surface area contributed by atoms with E-state index in [-0.39, 0.29) is 18.9 Å². The molecule has 0 radical (unpaired) electrons. The lowest BCUT2D eigenvalue weighted by Crippen LogP contribution is -2.40. The number of amides is 1. The van der Waals surface area contributed by atoms with Gasteiger partial charge in [0.05, 0.1) is 5.41 Å². The van der Waals surface area contributed by atoms with Gasteiger partial charge in [0.25, 0.3) is 0 Å². The number of benzene rings is 1. The number of nitrogen functional groups attached to an aromatic ring is 1. The van der Waals surface area contributed by atoms with Crippen LogP contribution in [0.1, 0.15) is 38.7 Å². The van der Waals surface area contributed by atoms with Crippen LogP contribution in [0.4, 0.5) is 18.9 Å². The maximum Gasteiger partial charge on any atom is 0.389 e. The lowest BCUT2D eigenvalue weighted by molar-refractivity contribution is -0.135. The van der Waals surface area contributed by atoms with Gasteiger partial charge < -0.3 is 11.1 Å². The van der Waals surface area contributed by atoms with Crippen molar-refractivity contribution in [3.05, 3.63) is 29.8 Å². The van der Waals surface area contributed by atoms with Gasteiger partial charge in [-0.15, -0.1) is 0 Å². The van der Waals surface area contributed by atoms with E-state index in [0.29, 0.717) is 12.1 Å². The molecule has 0 heterocycles. The van der Waals surface area contributed by atoms with E-state index in [9.17, 15) is 18.0 Å². The van der Waals surface area contributed by atoms with Crippen molar-refractivity contribution in [1.82, 2.24) is 5.32 Å². The van der Waals surface area contributed by atoms with Crippen molar-refractivity contribution < 1.29 is 18.0 Å². The Labute approximate surface area is 122 Å². The number of halogens is 3. The minimum atomic E-state index is -4.13. The number of carbonyl (C=O) groups excluding carboxylic acids is 1. The van der Waals surface area contributed by atoms with E-state index in [0.717, 1.165) is 5.56 Å². The van der Waals surface area contributed by atoms with Crippen LogP contribution in [0.5, 0.6) is 0 Å². The summed E-state index contributed by atoms with van der Waals surface area (Å²) in [7, 11) is 0. The predicted octanol–water partition coefficient (Wildman–Crippen LogP) is 3.40. The number of rotatable bonds is 6. The van der Waals surface area contributed by atoms with Gasteiger partial charge in [0, 0.05) is 18.7 Å². The smallest absolute Gasteiger partial charge is 0.389 e. The molecule has 0 aliphatic heterocycles. The minimum absolute atomic E-state index is 0.0199. The van der Waals surface area contributed by atoms with Gasteiger partial charge in [0.2, 0.25) is 5.91 Å². The maximum absolute atomic E-state index is 12.1. The number of anilines is 1. The Morgan fingerprint density at radius 3 is 2.24 bits per heavy atom. The van der Waals surface area contributed by atoms with Crippen molar-refractivity contribution >= 4 is 11.6 Å². The van der Waals surface area contributed by atoms with Gasteiger partial charge >= 0.3 is 6.18 Å². The van der Waals surface area contributed by atoms with Gasteiger partial charge in [-0.3, -0.25) is 4.79 Å². The molecule has 118 valence electrons. The minimum Gasteiger partial charge on any atom is -0.399 e. The van der Waals surface area contributed by atoms with Gasteiger partial charge in [-0.1, -0.05) is 12.1 Å². The monoisotopic (exact) mass is 302 g/mol. The number of hydrogen-bond donors (Lipinski definition) is 2. The Kier molecular flexibility index (Phi) is 5.63. The molecule has 21 heavy (non-hydrogen) atoms. The number of carbonyl (C=O) groups is 1. The third-order valence-corrected chi connectivity index (χ3v) is 3.37. The van der Waals surface area contributed by atoms with Gasteiger partial charge in [-0.25, -0.2) is 0 Å². The van der Waals surface area contributed by atoms with Crippen LogP contribution >= 0.6 is 0 Å². The fraction of sp³-hybridized carbons (Fsp3) is 0.533. The largest absolute Gasteiger partial charge is 0.399 e. The molecule has 0 saturated carbocycles. The first kappa shape index (κ1) is 17.3. The van der Waals surface area contributed by atoms with Crippen LogP contribution in [0.25, 0.3) is 0 Å². The zero-order chi connectivity index (χ0) is 16.1. The van der Waals surface area contributed by atoms with E-state index in [1.165, 1.54) is 0 Å². The molecule has 0 unspecified atom stereocenters. The second kappa shape index (κ2) is 6.83. The molecule has 0 atom stereocenters. The van der Waals surface area contributed by atoms with Crippen molar-refractivity contribution in [2.75, 3.05) is 12.3 Å². The fourth-order valence-electron chi connectivity index (χ4n) is 1.90. The number of hydrogen-bond acceptors (Lipinski definition) is 2. The summed E-state index contributed by atoms with van der Waals surface area (Å²) in [4.78, 5) is 12.1. The Hall–Kier alpha value is -1.72. The van der Waals surface area contributed by atoms with Crippen LogP contribution in [0, 0.1) is 0 Å². The summed E-state index contributed by atoms with van der Waals surface area (Å²) >= 11 is 0. The Morgan fingerprint density at radius 1 is 1.14 bits per heavy atom. The molecule has 3 nitrogen and oxygen atoms in total. The molecule has 1 rings (SSSR count). The van der Waals surface area contributed by atoms with E-state index in [2.05, 4.69) is 5.32 Å². The topological polar surface area (TPSA) is 55.1 Å². The number of nitrogens with one attached hydrogen (secondary N) is 1. The third kappa shape index (κ3) is 5.65. The van der Waals surface area contributed by atoms with Crippen LogP contribution in [0.3, 0.4) is 0 Å². The Balaban J connectivity index is 2.45. The van der Waals surface area contributed by atoms with Crippen molar-refractivity contribution in [2.45, 2.75) is 44.7 Å². The molecule has 0 fully saturated rings. The maximum atomic E-state index is 12.1. The molecule has 0 saturated heterocycles. The van der Waals surface area contributed by atoms with Gasteiger partial charge in [0.1, 0.15) is 0 Å². The lowest BCUT2D eigenvalue weighted by atomic mass is 9.83. The van der Waals surface area contributed by atoms with Crippen LogP contribution in [-0.4, -0.2) is 18.6 Å². The molecule has 1 aromatic rings. The quantitative estimate of drug-likeness (QED) is 0.625. The third-order valence-electron chi connectivity index (χ3n) is 3.37. The second-order valence-corrected chi connectivity index (χ2v) is 5.58. The first-order valence-electron chi connectivity index (χ1n) is 6.84. The van der Waals surface area contributed by atoms with Crippen molar-refractivity contribution in [2.24, 2.45) is 0 Å². The predicted molar refractivity (Wildman–Crippen MR) is 76.8 cm³/mol. The summed E-state index contributed by atoms with van der Waals surface area (Å²) in [5.41, 5.74) is 6.27. The molecule has 3 N–H and O–H groups in total. The summed E-state index contributed by atoms with van der Waals surface area (Å²) < 4.78 is 36.0. The zero-order valence-electron chi connectivity index (χ0n) is 12.3. The molecule has 6 heteroatoms. The van der Waals surface area contributed by atoms with Gasteiger partial charge in [-0.05, 0) is 44.4 Å². The summed E-state index contributed by atoms with van der Waals surface area (Å²) in [6.45, 7) is 3.78. The van der Waals surface area contributed by atoms with E-state index in [1.54, 1.807) is 38.1 Å². The molecule has 0 aromatic heterocycles. The van der Waals surface area contributed by atoms with Gasteiger partial charge in [0.15, 0.2) is 0 Å². The molecule has 1 amide bonds. The van der Waals surface area contributed by atoms with Crippen LogP contribution < -0.4 is 11.1 Å². The first-order valence-corrected chi connectivity index (χ1v) is 6.84. The highest BCUT2D eigenvalue weighted by Gasteiger charge is 2.29. The van der Waals surface area contributed by atoms with Crippen molar-refractivity contribution in [3.63, 3.8) is 0 Å². The first-order chi connectivity index (χ1) is 9.63. The Bertz CT molecular complexity index is 467. The average Bonchev–Trinajstić information content (AvgIpc) is 2.37. The highest BCUT2D eigenvalue weighted by Crippen LogP contribution is 2.24.